The summed E-state index contributed by atoms with van der Waals surface area (Å²) in [5, 5.41) is 10.3. The Morgan fingerprint density at radius 3 is 2.64 bits per heavy atom. The summed E-state index contributed by atoms with van der Waals surface area (Å²) >= 11 is 5.87. The molecule has 76 valence electrons. The molecule has 0 spiro atoms. The topological polar surface area (TPSA) is 46.2 Å². The van der Waals surface area contributed by atoms with Gasteiger partial charge in [-0.05, 0) is 18.9 Å². The third-order valence-corrected chi connectivity index (χ3v) is 3.56. The van der Waals surface area contributed by atoms with Crippen molar-refractivity contribution < 1.29 is 5.11 Å². The van der Waals surface area contributed by atoms with Gasteiger partial charge in [-0.15, -0.1) is 0 Å². The fraction of sp³-hybridized carbons (Fsp3) is 0.455. The quantitative estimate of drug-likeness (QED) is 0.789. The van der Waals surface area contributed by atoms with Crippen molar-refractivity contribution >= 4 is 11.6 Å². The summed E-state index contributed by atoms with van der Waals surface area (Å²) in [7, 11) is 0. The number of para-hydroxylation sites is 1. The number of halogens is 1. The fourth-order valence-electron chi connectivity index (χ4n) is 2.13. The first-order valence-electron chi connectivity index (χ1n) is 4.88. The molecule has 3 N–H and O–H groups in total. The molecule has 1 aromatic carbocycles. The van der Waals surface area contributed by atoms with Crippen LogP contribution in [0.3, 0.4) is 0 Å². The lowest BCUT2D eigenvalue weighted by Crippen LogP contribution is -2.41. The van der Waals surface area contributed by atoms with E-state index in [-0.39, 0.29) is 11.2 Å². The Hall–Kier alpha value is -0.730. The number of hydrogen-bond acceptors (Lipinski definition) is 2. The maximum Gasteiger partial charge on any atom is 0.137 e. The molecule has 0 radical (unpaired) electrons. The molecule has 0 unspecified atom stereocenters. The van der Waals surface area contributed by atoms with Crippen molar-refractivity contribution in [2.45, 2.75) is 24.7 Å². The number of phenols is 1. The third-order valence-electron chi connectivity index (χ3n) is 3.26. The Labute approximate surface area is 88.7 Å². The molecular weight excluding hydrogens is 198 g/mol. The van der Waals surface area contributed by atoms with Crippen LogP contribution < -0.4 is 5.73 Å². The van der Waals surface area contributed by atoms with Crippen LogP contribution in [0.5, 0.6) is 5.75 Å². The minimum absolute atomic E-state index is 0.0189. The van der Waals surface area contributed by atoms with Crippen LogP contribution in [0.2, 0.25) is 5.02 Å². The molecule has 1 fully saturated rings. The molecule has 2 nitrogen and oxygen atoms in total. The average molecular weight is 212 g/mol. The highest BCUT2D eigenvalue weighted by molar-refractivity contribution is 6.32. The average Bonchev–Trinajstić information content (AvgIpc) is 2.11. The second-order valence-corrected chi connectivity index (χ2v) is 4.38. The molecule has 0 bridgehead atoms. The van der Waals surface area contributed by atoms with Gasteiger partial charge >= 0.3 is 0 Å². The number of phenolic OH excluding ortho intramolecular Hbond substituents is 1. The van der Waals surface area contributed by atoms with E-state index in [0.29, 0.717) is 11.6 Å². The van der Waals surface area contributed by atoms with E-state index in [1.54, 1.807) is 6.07 Å². The lowest BCUT2D eigenvalue weighted by Gasteiger charge is -2.41. The van der Waals surface area contributed by atoms with Gasteiger partial charge in [-0.3, -0.25) is 0 Å². The summed E-state index contributed by atoms with van der Waals surface area (Å²) in [5.41, 5.74) is 6.66. The Kier molecular flexibility index (Phi) is 2.41. The van der Waals surface area contributed by atoms with E-state index >= 15 is 0 Å². The maximum absolute atomic E-state index is 9.84. The first-order chi connectivity index (χ1) is 6.69. The van der Waals surface area contributed by atoms with Crippen molar-refractivity contribution in [3.8, 4) is 5.75 Å². The van der Waals surface area contributed by atoms with Crippen LogP contribution in [0.4, 0.5) is 0 Å². The second-order valence-electron chi connectivity index (χ2n) is 3.97. The van der Waals surface area contributed by atoms with E-state index in [1.165, 1.54) is 6.42 Å². The first-order valence-corrected chi connectivity index (χ1v) is 5.25. The van der Waals surface area contributed by atoms with Crippen LogP contribution in [0.25, 0.3) is 0 Å². The van der Waals surface area contributed by atoms with Gasteiger partial charge in [-0.2, -0.15) is 0 Å². The first kappa shape index (κ1) is 9.81. The number of rotatable bonds is 2. The predicted octanol–water partition coefficient (Wildman–Crippen LogP) is 2.43. The number of hydrogen-bond donors (Lipinski definition) is 2. The van der Waals surface area contributed by atoms with Gasteiger partial charge in [0, 0.05) is 17.5 Å². The fourth-order valence-corrected chi connectivity index (χ4v) is 2.30. The molecule has 1 aliphatic carbocycles. The summed E-state index contributed by atoms with van der Waals surface area (Å²) in [6, 6.07) is 5.49. The molecule has 0 amide bonds. The van der Waals surface area contributed by atoms with Crippen molar-refractivity contribution in [3.63, 3.8) is 0 Å². The predicted molar refractivity (Wildman–Crippen MR) is 57.7 cm³/mol. The van der Waals surface area contributed by atoms with Crippen LogP contribution in [0, 0.1) is 0 Å². The number of aromatic hydroxyl groups is 1. The molecule has 0 atom stereocenters. The molecule has 14 heavy (non-hydrogen) atoms. The minimum atomic E-state index is -0.0189. The summed E-state index contributed by atoms with van der Waals surface area (Å²) in [6.07, 6.45) is 3.29. The lowest BCUT2D eigenvalue weighted by molar-refractivity contribution is 0.245. The van der Waals surface area contributed by atoms with Gasteiger partial charge in [0.05, 0.1) is 5.02 Å². The second kappa shape index (κ2) is 3.44. The van der Waals surface area contributed by atoms with Gasteiger partial charge in [-0.1, -0.05) is 30.2 Å². The maximum atomic E-state index is 9.84. The number of nitrogens with two attached hydrogens (primary N) is 1. The Morgan fingerprint density at radius 2 is 2.14 bits per heavy atom. The van der Waals surface area contributed by atoms with Crippen LogP contribution in [0.1, 0.15) is 24.8 Å². The Morgan fingerprint density at radius 1 is 1.43 bits per heavy atom. The van der Waals surface area contributed by atoms with Gasteiger partial charge in [0.1, 0.15) is 5.75 Å². The highest BCUT2D eigenvalue weighted by Gasteiger charge is 2.39. The number of benzene rings is 1. The minimum Gasteiger partial charge on any atom is -0.506 e. The van der Waals surface area contributed by atoms with Gasteiger partial charge < -0.3 is 10.8 Å². The van der Waals surface area contributed by atoms with E-state index in [2.05, 4.69) is 0 Å². The van der Waals surface area contributed by atoms with Crippen LogP contribution >= 0.6 is 11.6 Å². The molecule has 0 heterocycles. The molecule has 1 saturated carbocycles. The summed E-state index contributed by atoms with van der Waals surface area (Å²) < 4.78 is 0. The zero-order chi connectivity index (χ0) is 10.2. The van der Waals surface area contributed by atoms with Crippen molar-refractivity contribution in [1.29, 1.82) is 0 Å². The zero-order valence-corrected chi connectivity index (χ0v) is 8.72. The smallest absolute Gasteiger partial charge is 0.137 e. The third kappa shape index (κ3) is 1.30. The monoisotopic (exact) mass is 211 g/mol. The molecule has 1 aliphatic rings. The lowest BCUT2D eigenvalue weighted by atomic mass is 9.64. The van der Waals surface area contributed by atoms with Crippen LogP contribution in [-0.4, -0.2) is 11.7 Å². The van der Waals surface area contributed by atoms with Crippen LogP contribution in [-0.2, 0) is 5.41 Å². The molecular formula is C11H14ClNO. The van der Waals surface area contributed by atoms with Gasteiger partial charge in [-0.25, -0.2) is 0 Å². The van der Waals surface area contributed by atoms with E-state index in [9.17, 15) is 5.11 Å². The van der Waals surface area contributed by atoms with Gasteiger partial charge in [0.2, 0.25) is 0 Å². The van der Waals surface area contributed by atoms with E-state index < -0.39 is 0 Å². The molecule has 0 aromatic heterocycles. The Bertz CT molecular complexity index is 342. The van der Waals surface area contributed by atoms with Crippen molar-refractivity contribution in [3.05, 3.63) is 28.8 Å². The van der Waals surface area contributed by atoms with Crippen molar-refractivity contribution in [2.75, 3.05) is 6.54 Å². The summed E-state index contributed by atoms with van der Waals surface area (Å²) in [4.78, 5) is 0. The van der Waals surface area contributed by atoms with Gasteiger partial charge in [0.25, 0.3) is 0 Å². The standard InChI is InChI=1S/C11H14ClNO/c12-9-4-1-3-8(10(9)14)11(7-13)5-2-6-11/h1,3-4,14H,2,5-7,13H2. The Balaban J connectivity index is 2.45. The molecule has 2 rings (SSSR count). The molecule has 1 aromatic rings. The highest BCUT2D eigenvalue weighted by atomic mass is 35.5. The summed E-state index contributed by atoms with van der Waals surface area (Å²) in [6.45, 7) is 0.584. The normalized spacial score (nSPS) is 19.0. The van der Waals surface area contributed by atoms with E-state index in [1.807, 2.05) is 12.1 Å². The molecule has 3 heteroatoms. The van der Waals surface area contributed by atoms with Crippen molar-refractivity contribution in [1.82, 2.24) is 0 Å². The van der Waals surface area contributed by atoms with E-state index in [4.69, 9.17) is 17.3 Å². The van der Waals surface area contributed by atoms with Crippen LogP contribution in [0.15, 0.2) is 18.2 Å². The largest absolute Gasteiger partial charge is 0.506 e. The van der Waals surface area contributed by atoms with Gasteiger partial charge in [0.15, 0.2) is 0 Å². The van der Waals surface area contributed by atoms with E-state index in [0.717, 1.165) is 18.4 Å². The SMILES string of the molecule is NCC1(c2cccc(Cl)c2O)CCC1. The molecule has 0 aliphatic heterocycles. The highest BCUT2D eigenvalue weighted by Crippen LogP contribution is 2.47. The van der Waals surface area contributed by atoms with Crippen molar-refractivity contribution in [2.24, 2.45) is 5.73 Å². The zero-order valence-electron chi connectivity index (χ0n) is 7.96. The molecule has 0 saturated heterocycles. The summed E-state index contributed by atoms with van der Waals surface area (Å²) in [5.74, 6) is 0.208.